The van der Waals surface area contributed by atoms with Crippen molar-refractivity contribution in [3.8, 4) is 0 Å². The number of hydrogen-bond donors (Lipinski definition) is 1. The van der Waals surface area contributed by atoms with Crippen LogP contribution in [0.25, 0.3) is 0 Å². The highest BCUT2D eigenvalue weighted by Crippen LogP contribution is 2.01. The summed E-state index contributed by atoms with van der Waals surface area (Å²) in [5.74, 6) is 0.190. The molecule has 1 heterocycles. The summed E-state index contributed by atoms with van der Waals surface area (Å²) in [4.78, 5) is 13.9. The van der Waals surface area contributed by atoms with Crippen LogP contribution in [0.4, 0.5) is 0 Å². The fourth-order valence-electron chi connectivity index (χ4n) is 2.01. The molecule has 1 unspecified atom stereocenters. The number of amides is 1. The molecule has 1 aliphatic heterocycles. The third-order valence-electron chi connectivity index (χ3n) is 3.17. The second kappa shape index (κ2) is 9.30. The van der Waals surface area contributed by atoms with Gasteiger partial charge in [0.05, 0.1) is 19.3 Å². The summed E-state index contributed by atoms with van der Waals surface area (Å²) < 4.78 is 10.2. The average Bonchev–Trinajstić information content (AvgIpc) is 2.42. The number of hydrogen-bond acceptors (Lipinski definition) is 4. The highest BCUT2D eigenvalue weighted by atomic mass is 16.5. The second-order valence-electron chi connectivity index (χ2n) is 4.67. The monoisotopic (exact) mass is 258 g/mol. The molecular formula is C13H26N2O3. The van der Waals surface area contributed by atoms with Crippen LogP contribution >= 0.6 is 0 Å². The van der Waals surface area contributed by atoms with Crippen molar-refractivity contribution in [2.24, 2.45) is 0 Å². The van der Waals surface area contributed by atoms with Crippen molar-refractivity contribution in [3.63, 3.8) is 0 Å². The van der Waals surface area contributed by atoms with Gasteiger partial charge in [-0.1, -0.05) is 0 Å². The first-order valence-corrected chi connectivity index (χ1v) is 6.84. The third kappa shape index (κ3) is 5.80. The van der Waals surface area contributed by atoms with Gasteiger partial charge in [0.2, 0.25) is 5.91 Å². The highest BCUT2D eigenvalue weighted by Gasteiger charge is 2.21. The van der Waals surface area contributed by atoms with E-state index < -0.39 is 0 Å². The molecule has 0 aromatic heterocycles. The Morgan fingerprint density at radius 2 is 2.06 bits per heavy atom. The molecule has 0 bridgehead atoms. The summed E-state index contributed by atoms with van der Waals surface area (Å²) in [6, 6.07) is -0.0921. The summed E-state index contributed by atoms with van der Waals surface area (Å²) >= 11 is 0. The smallest absolute Gasteiger partial charge is 0.239 e. The number of morpholine rings is 1. The van der Waals surface area contributed by atoms with E-state index in [1.54, 1.807) is 7.11 Å². The van der Waals surface area contributed by atoms with Gasteiger partial charge in [-0.15, -0.1) is 0 Å². The lowest BCUT2D eigenvalue weighted by molar-refractivity contribution is -0.137. The van der Waals surface area contributed by atoms with Gasteiger partial charge in [-0.3, -0.25) is 4.79 Å². The summed E-state index contributed by atoms with van der Waals surface area (Å²) in [6.07, 6.45) is 3.31. The lowest BCUT2D eigenvalue weighted by Gasteiger charge is -2.29. The van der Waals surface area contributed by atoms with Crippen molar-refractivity contribution in [2.75, 3.05) is 46.6 Å². The van der Waals surface area contributed by atoms with E-state index in [9.17, 15) is 4.79 Å². The van der Waals surface area contributed by atoms with E-state index in [0.717, 1.165) is 45.5 Å². The van der Waals surface area contributed by atoms with E-state index in [0.29, 0.717) is 13.2 Å². The van der Waals surface area contributed by atoms with Crippen LogP contribution in [0.5, 0.6) is 0 Å². The molecule has 0 aliphatic carbocycles. The molecule has 5 heteroatoms. The summed E-state index contributed by atoms with van der Waals surface area (Å²) in [7, 11) is 1.72. The van der Waals surface area contributed by atoms with E-state index in [4.69, 9.17) is 9.47 Å². The van der Waals surface area contributed by atoms with Gasteiger partial charge in [0.25, 0.3) is 0 Å². The van der Waals surface area contributed by atoms with E-state index >= 15 is 0 Å². The van der Waals surface area contributed by atoms with Crippen LogP contribution < -0.4 is 5.32 Å². The first-order chi connectivity index (χ1) is 8.75. The Morgan fingerprint density at radius 3 is 2.72 bits per heavy atom. The van der Waals surface area contributed by atoms with Gasteiger partial charge in [-0.2, -0.15) is 0 Å². The minimum absolute atomic E-state index is 0.0921. The predicted molar refractivity (Wildman–Crippen MR) is 70.6 cm³/mol. The van der Waals surface area contributed by atoms with Crippen LogP contribution in [0, 0.1) is 0 Å². The maximum absolute atomic E-state index is 12.1. The van der Waals surface area contributed by atoms with Gasteiger partial charge in [-0.05, 0) is 32.7 Å². The van der Waals surface area contributed by atoms with Crippen LogP contribution in [0.2, 0.25) is 0 Å². The Labute approximate surface area is 110 Å². The van der Waals surface area contributed by atoms with E-state index in [1.165, 1.54) is 0 Å². The molecule has 1 amide bonds. The van der Waals surface area contributed by atoms with Crippen molar-refractivity contribution in [2.45, 2.75) is 32.2 Å². The molecule has 1 atom stereocenters. The van der Waals surface area contributed by atoms with E-state index in [2.05, 4.69) is 5.32 Å². The van der Waals surface area contributed by atoms with Crippen LogP contribution in [0.1, 0.15) is 26.2 Å². The number of rotatable bonds is 8. The number of carbonyl (C=O) groups excluding carboxylic acids is 1. The molecule has 5 nitrogen and oxygen atoms in total. The van der Waals surface area contributed by atoms with Crippen LogP contribution in [-0.4, -0.2) is 63.4 Å². The summed E-state index contributed by atoms with van der Waals surface area (Å²) in [5, 5.41) is 3.28. The standard InChI is InChI=1S/C13H26N2O3/c1-12(14-6-4-3-5-9-17-2)13(16)15-7-10-18-11-8-15/h12,14H,3-11H2,1-2H3. The molecule has 1 saturated heterocycles. The van der Waals surface area contributed by atoms with E-state index in [-0.39, 0.29) is 11.9 Å². The predicted octanol–water partition coefficient (Wildman–Crippen LogP) is 0.640. The molecule has 1 aliphatic rings. The van der Waals surface area contributed by atoms with Gasteiger partial charge in [0, 0.05) is 26.8 Å². The molecule has 0 spiro atoms. The molecule has 0 radical (unpaired) electrons. The Kier molecular flexibility index (Phi) is 7.96. The minimum atomic E-state index is -0.0921. The average molecular weight is 258 g/mol. The fourth-order valence-corrected chi connectivity index (χ4v) is 2.01. The molecule has 0 aromatic carbocycles. The zero-order valence-electron chi connectivity index (χ0n) is 11.6. The minimum Gasteiger partial charge on any atom is -0.385 e. The molecule has 1 N–H and O–H groups in total. The number of unbranched alkanes of at least 4 members (excludes halogenated alkanes) is 2. The maximum Gasteiger partial charge on any atom is 0.239 e. The van der Waals surface area contributed by atoms with Crippen LogP contribution in [-0.2, 0) is 14.3 Å². The Bertz CT molecular complexity index is 230. The Hall–Kier alpha value is -0.650. The molecule has 1 fully saturated rings. The number of nitrogens with one attached hydrogen (secondary N) is 1. The summed E-state index contributed by atoms with van der Waals surface area (Å²) in [6.45, 7) is 6.42. The van der Waals surface area contributed by atoms with Crippen molar-refractivity contribution < 1.29 is 14.3 Å². The number of methoxy groups -OCH3 is 1. The maximum atomic E-state index is 12.1. The zero-order valence-corrected chi connectivity index (χ0v) is 11.6. The molecule has 18 heavy (non-hydrogen) atoms. The zero-order chi connectivity index (χ0) is 13.2. The molecule has 0 aromatic rings. The van der Waals surface area contributed by atoms with Crippen molar-refractivity contribution in [3.05, 3.63) is 0 Å². The lowest BCUT2D eigenvalue weighted by atomic mass is 10.2. The molecular weight excluding hydrogens is 232 g/mol. The highest BCUT2D eigenvalue weighted by molar-refractivity contribution is 5.81. The second-order valence-corrected chi connectivity index (χ2v) is 4.67. The first kappa shape index (κ1) is 15.4. The topological polar surface area (TPSA) is 50.8 Å². The number of nitrogens with zero attached hydrogens (tertiary/aromatic N) is 1. The van der Waals surface area contributed by atoms with Crippen molar-refractivity contribution in [1.82, 2.24) is 10.2 Å². The van der Waals surface area contributed by atoms with Crippen molar-refractivity contribution >= 4 is 5.91 Å². The fraction of sp³-hybridized carbons (Fsp3) is 0.923. The van der Waals surface area contributed by atoms with Crippen LogP contribution in [0.3, 0.4) is 0 Å². The van der Waals surface area contributed by atoms with Crippen LogP contribution in [0.15, 0.2) is 0 Å². The van der Waals surface area contributed by atoms with Crippen molar-refractivity contribution in [1.29, 1.82) is 0 Å². The Balaban J connectivity index is 2.07. The van der Waals surface area contributed by atoms with E-state index in [1.807, 2.05) is 11.8 Å². The Morgan fingerprint density at radius 1 is 1.33 bits per heavy atom. The normalized spacial score (nSPS) is 17.8. The quantitative estimate of drug-likeness (QED) is 0.649. The van der Waals surface area contributed by atoms with Gasteiger partial charge in [-0.25, -0.2) is 0 Å². The molecule has 0 saturated carbocycles. The number of carbonyl (C=O) groups is 1. The third-order valence-corrected chi connectivity index (χ3v) is 3.17. The summed E-state index contributed by atoms with van der Waals surface area (Å²) in [5.41, 5.74) is 0. The van der Waals surface area contributed by atoms with Gasteiger partial charge in [0.1, 0.15) is 0 Å². The largest absolute Gasteiger partial charge is 0.385 e. The SMILES string of the molecule is COCCCCCNC(C)C(=O)N1CCOCC1. The van der Waals surface area contributed by atoms with Gasteiger partial charge < -0.3 is 19.7 Å². The van der Waals surface area contributed by atoms with Gasteiger partial charge in [0.15, 0.2) is 0 Å². The number of ether oxygens (including phenoxy) is 2. The first-order valence-electron chi connectivity index (χ1n) is 6.84. The molecule has 1 rings (SSSR count). The molecule has 106 valence electrons. The lowest BCUT2D eigenvalue weighted by Crippen LogP contribution is -2.49. The van der Waals surface area contributed by atoms with Gasteiger partial charge >= 0.3 is 0 Å².